The minimum Gasteiger partial charge on any atom is -0.508 e. The molecule has 2 aliphatic rings. The standard InChI is InChI=1S/C15H18N2O4/c1-2-3-7-20-15-11-13(19)10-8(5-4-6-9(10)18)12(16)14(11)21-17-15/h4,6,8,12,18H,2-3,5,7,16H2,1H3/t8-,12-/m1/s1. The second kappa shape index (κ2) is 5.37. The van der Waals surface area contributed by atoms with Gasteiger partial charge in [-0.25, -0.2) is 0 Å². The fourth-order valence-electron chi connectivity index (χ4n) is 2.79. The summed E-state index contributed by atoms with van der Waals surface area (Å²) in [7, 11) is 0. The number of unbranched alkanes of at least 4 members (excludes halogenated alkanes) is 1. The SMILES string of the molecule is CCCCOc1noc2c1C(=O)C1=C(O)C=CC[C@H]1[C@H]2N. The third-order valence-corrected chi connectivity index (χ3v) is 3.94. The van der Waals surface area contributed by atoms with Crippen molar-refractivity contribution < 1.29 is 19.2 Å². The Labute approximate surface area is 122 Å². The van der Waals surface area contributed by atoms with Gasteiger partial charge in [-0.05, 0) is 24.1 Å². The molecule has 1 aromatic heterocycles. The van der Waals surface area contributed by atoms with E-state index in [0.29, 0.717) is 24.4 Å². The van der Waals surface area contributed by atoms with Crippen LogP contribution in [0.3, 0.4) is 0 Å². The topological polar surface area (TPSA) is 98.6 Å². The lowest BCUT2D eigenvalue weighted by atomic mass is 9.75. The van der Waals surface area contributed by atoms with Gasteiger partial charge in [0, 0.05) is 11.5 Å². The van der Waals surface area contributed by atoms with E-state index >= 15 is 0 Å². The van der Waals surface area contributed by atoms with Crippen molar-refractivity contribution >= 4 is 5.78 Å². The molecule has 0 amide bonds. The first-order valence-electron chi connectivity index (χ1n) is 7.17. The van der Waals surface area contributed by atoms with E-state index in [4.69, 9.17) is 15.0 Å². The minimum atomic E-state index is -0.504. The lowest BCUT2D eigenvalue weighted by Crippen LogP contribution is -2.34. The van der Waals surface area contributed by atoms with Crippen LogP contribution in [0.4, 0.5) is 0 Å². The normalized spacial score (nSPS) is 24.0. The molecule has 0 bridgehead atoms. The van der Waals surface area contributed by atoms with Crippen LogP contribution in [-0.2, 0) is 0 Å². The summed E-state index contributed by atoms with van der Waals surface area (Å²) < 4.78 is 10.8. The van der Waals surface area contributed by atoms with Gasteiger partial charge in [-0.2, -0.15) is 0 Å². The second-order valence-corrected chi connectivity index (χ2v) is 5.33. The van der Waals surface area contributed by atoms with E-state index in [2.05, 4.69) is 5.16 Å². The molecule has 1 heterocycles. The average Bonchev–Trinajstić information content (AvgIpc) is 2.89. The Balaban J connectivity index is 2.00. The molecular weight excluding hydrogens is 272 g/mol. The van der Waals surface area contributed by atoms with Crippen molar-refractivity contribution in [1.82, 2.24) is 5.16 Å². The van der Waals surface area contributed by atoms with Gasteiger partial charge in [0.1, 0.15) is 11.3 Å². The Morgan fingerprint density at radius 2 is 2.38 bits per heavy atom. The number of ether oxygens (including phenoxy) is 1. The molecule has 0 radical (unpaired) electrons. The number of nitrogens with zero attached hydrogens (tertiary/aromatic N) is 1. The summed E-state index contributed by atoms with van der Waals surface area (Å²) in [5, 5.41) is 13.8. The predicted octanol–water partition coefficient (Wildman–Crippen LogP) is 2.44. The van der Waals surface area contributed by atoms with E-state index < -0.39 is 6.04 Å². The van der Waals surface area contributed by atoms with Crippen molar-refractivity contribution in [3.8, 4) is 5.88 Å². The van der Waals surface area contributed by atoms with Crippen LogP contribution in [0, 0.1) is 5.92 Å². The molecular formula is C15H18N2O4. The molecule has 0 saturated heterocycles. The number of fused-ring (bicyclic) bond motifs is 2. The molecule has 21 heavy (non-hydrogen) atoms. The van der Waals surface area contributed by atoms with Crippen LogP contribution in [0.15, 0.2) is 28.0 Å². The van der Waals surface area contributed by atoms with E-state index in [1.807, 2.05) is 6.92 Å². The van der Waals surface area contributed by atoms with Gasteiger partial charge in [-0.1, -0.05) is 19.4 Å². The Kier molecular flexibility index (Phi) is 3.55. The van der Waals surface area contributed by atoms with Crippen LogP contribution in [0.1, 0.15) is 48.3 Å². The number of Topliss-reactive ketones (excluding diaryl/α,β-unsaturated/α-hetero) is 1. The second-order valence-electron chi connectivity index (χ2n) is 5.33. The Morgan fingerprint density at radius 3 is 3.14 bits per heavy atom. The van der Waals surface area contributed by atoms with E-state index in [1.54, 1.807) is 6.08 Å². The minimum absolute atomic E-state index is 0.0296. The van der Waals surface area contributed by atoms with Crippen molar-refractivity contribution in [2.45, 2.75) is 32.2 Å². The summed E-state index contributed by atoms with van der Waals surface area (Å²) in [6, 6.07) is -0.504. The number of aliphatic hydroxyl groups excluding tert-OH is 1. The average molecular weight is 290 g/mol. The Hall–Kier alpha value is -2.08. The van der Waals surface area contributed by atoms with Crippen LogP contribution in [-0.4, -0.2) is 22.7 Å². The maximum Gasteiger partial charge on any atom is 0.265 e. The zero-order chi connectivity index (χ0) is 15.0. The number of aromatic nitrogens is 1. The van der Waals surface area contributed by atoms with Crippen LogP contribution < -0.4 is 10.5 Å². The van der Waals surface area contributed by atoms with E-state index in [0.717, 1.165) is 12.8 Å². The molecule has 0 spiro atoms. The molecule has 3 N–H and O–H groups in total. The number of rotatable bonds is 4. The lowest BCUT2D eigenvalue weighted by Gasteiger charge is -2.30. The van der Waals surface area contributed by atoms with E-state index in [1.165, 1.54) is 6.08 Å². The van der Waals surface area contributed by atoms with Crippen molar-refractivity contribution in [2.75, 3.05) is 6.61 Å². The van der Waals surface area contributed by atoms with Crippen LogP contribution in [0.25, 0.3) is 0 Å². The van der Waals surface area contributed by atoms with Gasteiger partial charge < -0.3 is 20.1 Å². The summed E-state index contributed by atoms with van der Waals surface area (Å²) in [5.41, 5.74) is 6.76. The molecule has 6 heteroatoms. The molecule has 0 aromatic carbocycles. The summed E-state index contributed by atoms with van der Waals surface area (Å²) in [6.07, 6.45) is 5.77. The molecule has 1 aromatic rings. The first-order chi connectivity index (χ1) is 10.1. The number of nitrogens with two attached hydrogens (primary N) is 1. The van der Waals surface area contributed by atoms with Crippen LogP contribution >= 0.6 is 0 Å². The fraction of sp³-hybridized carbons (Fsp3) is 0.467. The van der Waals surface area contributed by atoms with Gasteiger partial charge in [0.2, 0.25) is 5.78 Å². The van der Waals surface area contributed by atoms with Gasteiger partial charge in [0.15, 0.2) is 5.76 Å². The molecule has 0 unspecified atom stereocenters. The van der Waals surface area contributed by atoms with Crippen LogP contribution in [0.2, 0.25) is 0 Å². The summed E-state index contributed by atoms with van der Waals surface area (Å²) in [4.78, 5) is 12.6. The number of ketones is 1. The molecule has 0 aliphatic heterocycles. The third kappa shape index (κ3) is 2.15. The van der Waals surface area contributed by atoms with E-state index in [9.17, 15) is 9.90 Å². The Bertz CT molecular complexity index is 630. The van der Waals surface area contributed by atoms with Gasteiger partial charge in [-0.15, -0.1) is 0 Å². The zero-order valence-electron chi connectivity index (χ0n) is 11.8. The van der Waals surface area contributed by atoms with Gasteiger partial charge >= 0.3 is 0 Å². The fourth-order valence-corrected chi connectivity index (χ4v) is 2.79. The third-order valence-electron chi connectivity index (χ3n) is 3.94. The highest BCUT2D eigenvalue weighted by Gasteiger charge is 2.44. The summed E-state index contributed by atoms with van der Waals surface area (Å²) >= 11 is 0. The number of hydrogen-bond donors (Lipinski definition) is 2. The smallest absolute Gasteiger partial charge is 0.265 e. The van der Waals surface area contributed by atoms with Gasteiger partial charge in [0.25, 0.3) is 5.88 Å². The van der Waals surface area contributed by atoms with Crippen LogP contribution in [0.5, 0.6) is 5.88 Å². The molecule has 112 valence electrons. The largest absolute Gasteiger partial charge is 0.508 e. The van der Waals surface area contributed by atoms with Crippen molar-refractivity contribution in [3.05, 3.63) is 34.8 Å². The maximum absolute atomic E-state index is 12.6. The number of aliphatic hydroxyl groups is 1. The summed E-state index contributed by atoms with van der Waals surface area (Å²) in [6.45, 7) is 2.51. The molecule has 0 fully saturated rings. The molecule has 3 rings (SSSR count). The summed E-state index contributed by atoms with van der Waals surface area (Å²) in [5.74, 6) is -0.0775. The Morgan fingerprint density at radius 1 is 1.57 bits per heavy atom. The van der Waals surface area contributed by atoms with E-state index in [-0.39, 0.29) is 28.9 Å². The first kappa shape index (κ1) is 13.9. The molecule has 2 aliphatic carbocycles. The first-order valence-corrected chi connectivity index (χ1v) is 7.17. The highest BCUT2D eigenvalue weighted by atomic mass is 16.5. The molecule has 6 nitrogen and oxygen atoms in total. The predicted molar refractivity (Wildman–Crippen MR) is 75.1 cm³/mol. The number of carbonyl (C=O) groups excluding carboxylic acids is 1. The number of carbonyl (C=O) groups is 1. The highest BCUT2D eigenvalue weighted by Crippen LogP contribution is 2.44. The molecule has 2 atom stereocenters. The highest BCUT2D eigenvalue weighted by molar-refractivity contribution is 6.13. The van der Waals surface area contributed by atoms with Crippen molar-refractivity contribution in [2.24, 2.45) is 11.7 Å². The maximum atomic E-state index is 12.6. The molecule has 0 saturated carbocycles. The van der Waals surface area contributed by atoms with Gasteiger partial charge in [-0.3, -0.25) is 4.79 Å². The van der Waals surface area contributed by atoms with Crippen molar-refractivity contribution in [3.63, 3.8) is 0 Å². The number of hydrogen-bond acceptors (Lipinski definition) is 6. The quantitative estimate of drug-likeness (QED) is 0.826. The lowest BCUT2D eigenvalue weighted by molar-refractivity contribution is 0.0988. The van der Waals surface area contributed by atoms with Gasteiger partial charge in [0.05, 0.1) is 12.6 Å². The monoisotopic (exact) mass is 290 g/mol. The number of allylic oxidation sites excluding steroid dienone is 2. The zero-order valence-corrected chi connectivity index (χ0v) is 11.8. The van der Waals surface area contributed by atoms with Crippen molar-refractivity contribution in [1.29, 1.82) is 0 Å².